The highest BCUT2D eigenvalue weighted by atomic mass is 16.7. The molecule has 16 unspecified atom stereocenters. The van der Waals surface area contributed by atoms with Crippen molar-refractivity contribution in [1.29, 1.82) is 0 Å². The Morgan fingerprint density at radius 2 is 0.719 bits per heavy atom. The van der Waals surface area contributed by atoms with Gasteiger partial charge in [0.15, 0.2) is 0 Å². The van der Waals surface area contributed by atoms with Crippen molar-refractivity contribution in [2.75, 3.05) is 33.2 Å². The van der Waals surface area contributed by atoms with Gasteiger partial charge in [-0.2, -0.15) is 0 Å². The number of esters is 3. The summed E-state index contributed by atoms with van der Waals surface area (Å²) in [6.45, 7) is -2.72. The zero-order valence-electron chi connectivity index (χ0n) is 30.9. The van der Waals surface area contributed by atoms with E-state index in [-0.39, 0.29) is 47.3 Å². The number of hydrogen-bond donors (Lipinski definition) is 4. The monoisotopic (exact) mass is 794 g/mol. The number of carbonyl (C=O) groups is 7. The van der Waals surface area contributed by atoms with Crippen LogP contribution >= 0.6 is 0 Å². The molecular formula is C41H46O16. The third-order valence-electron chi connectivity index (χ3n) is 14.0. The van der Waals surface area contributed by atoms with Crippen molar-refractivity contribution in [3.63, 3.8) is 0 Å². The van der Waals surface area contributed by atoms with Crippen LogP contribution in [-0.4, -0.2) is 102 Å². The fraction of sp³-hybridized carbons (Fsp3) is 0.634. The molecule has 0 amide bonds. The standard InChI is InChI=1S/C41H46O16/c42-34(43)26-18-1-4-21(9-18)29(26)38(50)54-14-41(13-53-17-57-33-25-8-7-24(12-25)32(33)37(48)49,15-55-39(51)30-22-5-2-19(10-22)27(30)35(44)45)16-56-40(52)31-23-6-3-20(11-23)28(31)36(46)47/h1-8,18-33H,9-17H2,(H,42,43)(H,44,45)(H,46,47)(H,48,49). The molecule has 57 heavy (non-hydrogen) atoms. The Labute approximate surface area is 326 Å². The second-order valence-electron chi connectivity index (χ2n) is 17.2. The SMILES string of the molecule is O=C(O)C1C2C=CC(C2)C1OCOCC(COC(=O)C1C2C=CC(C2)C1C(=O)O)(COC(=O)C1C2C=CC(C2)C1C(=O)O)COC(=O)C1C2C=CC(C2)C1C(=O)O. The third-order valence-corrected chi connectivity index (χ3v) is 14.0. The molecule has 4 saturated carbocycles. The molecule has 16 nitrogen and oxygen atoms in total. The van der Waals surface area contributed by atoms with Crippen LogP contribution < -0.4 is 0 Å². The summed E-state index contributed by atoms with van der Waals surface area (Å²) >= 11 is 0. The largest absolute Gasteiger partial charge is 0.481 e. The molecule has 4 fully saturated rings. The van der Waals surface area contributed by atoms with Gasteiger partial charge >= 0.3 is 41.8 Å². The summed E-state index contributed by atoms with van der Waals surface area (Å²) in [6.07, 6.45) is 15.7. The normalized spacial score (nSPS) is 40.4. The average molecular weight is 795 g/mol. The molecule has 8 aliphatic carbocycles. The number of aliphatic carboxylic acids is 4. The number of rotatable bonds is 18. The molecule has 4 N–H and O–H groups in total. The number of allylic oxidation sites excluding steroid dienone is 7. The summed E-state index contributed by atoms with van der Waals surface area (Å²) in [4.78, 5) is 90.1. The maximum Gasteiger partial charge on any atom is 0.310 e. The van der Waals surface area contributed by atoms with E-state index < -0.39 is 128 Å². The van der Waals surface area contributed by atoms with Crippen molar-refractivity contribution in [2.24, 2.45) is 94.2 Å². The van der Waals surface area contributed by atoms with E-state index in [0.29, 0.717) is 25.7 Å². The molecule has 0 aliphatic heterocycles. The molecule has 0 spiro atoms. The lowest BCUT2D eigenvalue weighted by Crippen LogP contribution is -2.47. The minimum absolute atomic E-state index is 0.152. The minimum Gasteiger partial charge on any atom is -0.481 e. The van der Waals surface area contributed by atoms with Gasteiger partial charge in [-0.1, -0.05) is 48.6 Å². The lowest BCUT2D eigenvalue weighted by atomic mass is 9.82. The Bertz CT molecular complexity index is 1670. The lowest BCUT2D eigenvalue weighted by molar-refractivity contribution is -0.186. The Morgan fingerprint density at radius 3 is 1.07 bits per heavy atom. The summed E-state index contributed by atoms with van der Waals surface area (Å²) in [5, 5.41) is 39.9. The number of hydrogen-bond acceptors (Lipinski definition) is 12. The molecule has 0 heterocycles. The first-order chi connectivity index (χ1) is 27.3. The predicted molar refractivity (Wildman–Crippen MR) is 189 cm³/mol. The maximum absolute atomic E-state index is 13.8. The van der Waals surface area contributed by atoms with E-state index in [4.69, 9.17) is 23.7 Å². The number of ether oxygens (including phenoxy) is 5. The number of carboxylic acids is 4. The third kappa shape index (κ3) is 6.98. The first-order valence-electron chi connectivity index (χ1n) is 19.6. The zero-order valence-corrected chi connectivity index (χ0v) is 30.9. The van der Waals surface area contributed by atoms with E-state index >= 15 is 0 Å². The van der Waals surface area contributed by atoms with Gasteiger partial charge in [-0.05, 0) is 67.1 Å². The van der Waals surface area contributed by atoms with Crippen LogP contribution in [0.15, 0.2) is 48.6 Å². The molecule has 16 atom stereocenters. The molecule has 0 radical (unpaired) electrons. The van der Waals surface area contributed by atoms with E-state index in [1.54, 1.807) is 36.5 Å². The van der Waals surface area contributed by atoms with Crippen LogP contribution in [0, 0.1) is 94.2 Å². The number of fused-ring (bicyclic) bond motifs is 8. The minimum atomic E-state index is -1.68. The molecular weight excluding hydrogens is 748 g/mol. The average Bonchev–Trinajstić information content (AvgIpc) is 4.05. The van der Waals surface area contributed by atoms with E-state index in [0.717, 1.165) is 0 Å². The predicted octanol–water partition coefficient (Wildman–Crippen LogP) is 2.44. The van der Waals surface area contributed by atoms with Crippen LogP contribution in [0.3, 0.4) is 0 Å². The zero-order chi connectivity index (χ0) is 40.3. The van der Waals surface area contributed by atoms with Gasteiger partial charge in [0.05, 0.1) is 59.6 Å². The Morgan fingerprint density at radius 1 is 0.421 bits per heavy atom. The van der Waals surface area contributed by atoms with E-state index in [1.165, 1.54) is 0 Å². The van der Waals surface area contributed by atoms with Gasteiger partial charge in [0.2, 0.25) is 0 Å². The van der Waals surface area contributed by atoms with Crippen molar-refractivity contribution in [3.05, 3.63) is 48.6 Å². The van der Waals surface area contributed by atoms with E-state index in [2.05, 4.69) is 0 Å². The smallest absolute Gasteiger partial charge is 0.310 e. The topological polar surface area (TPSA) is 247 Å². The number of carbonyl (C=O) groups excluding carboxylic acids is 3. The summed E-state index contributed by atoms with van der Waals surface area (Å²) in [5.41, 5.74) is -1.68. The summed E-state index contributed by atoms with van der Waals surface area (Å²) in [5.74, 6) is -16.5. The molecule has 0 aromatic carbocycles. The molecule has 8 bridgehead atoms. The van der Waals surface area contributed by atoms with Crippen molar-refractivity contribution in [1.82, 2.24) is 0 Å². The first kappa shape index (κ1) is 39.0. The van der Waals surface area contributed by atoms with Crippen LogP contribution in [0.1, 0.15) is 25.7 Å². The first-order valence-corrected chi connectivity index (χ1v) is 19.6. The highest BCUT2D eigenvalue weighted by Gasteiger charge is 2.56. The van der Waals surface area contributed by atoms with Crippen molar-refractivity contribution >= 4 is 41.8 Å². The lowest BCUT2D eigenvalue weighted by Gasteiger charge is -2.35. The van der Waals surface area contributed by atoms with E-state index in [9.17, 15) is 54.0 Å². The summed E-state index contributed by atoms with van der Waals surface area (Å²) in [7, 11) is 0. The molecule has 0 aromatic rings. The van der Waals surface area contributed by atoms with Gasteiger partial charge in [-0.3, -0.25) is 33.6 Å². The van der Waals surface area contributed by atoms with Gasteiger partial charge in [-0.25, -0.2) is 0 Å². The van der Waals surface area contributed by atoms with Crippen LogP contribution in [0.25, 0.3) is 0 Å². The van der Waals surface area contributed by atoms with Gasteiger partial charge in [-0.15, -0.1) is 0 Å². The Kier molecular flexibility index (Phi) is 10.4. The highest BCUT2D eigenvalue weighted by molar-refractivity contribution is 5.85. The van der Waals surface area contributed by atoms with Gasteiger partial charge in [0.1, 0.15) is 26.6 Å². The summed E-state index contributed by atoms with van der Waals surface area (Å²) in [6, 6.07) is 0. The molecule has 0 saturated heterocycles. The van der Waals surface area contributed by atoms with Gasteiger partial charge in [0, 0.05) is 5.92 Å². The van der Waals surface area contributed by atoms with Crippen molar-refractivity contribution < 1.29 is 77.7 Å². The fourth-order valence-corrected chi connectivity index (χ4v) is 11.4. The quantitative estimate of drug-likeness (QED) is 0.0512. The van der Waals surface area contributed by atoms with Crippen molar-refractivity contribution in [3.8, 4) is 0 Å². The van der Waals surface area contributed by atoms with Crippen LogP contribution in [0.2, 0.25) is 0 Å². The molecule has 8 aliphatic rings. The van der Waals surface area contributed by atoms with Crippen LogP contribution in [0.4, 0.5) is 0 Å². The molecule has 16 heteroatoms. The highest BCUT2D eigenvalue weighted by Crippen LogP contribution is 2.51. The van der Waals surface area contributed by atoms with Crippen LogP contribution in [0.5, 0.6) is 0 Å². The number of carboxylic acid groups (broad SMARTS) is 4. The molecule has 306 valence electrons. The Balaban J connectivity index is 1.04. The summed E-state index contributed by atoms with van der Waals surface area (Å²) < 4.78 is 29.4. The molecule has 0 aromatic heterocycles. The van der Waals surface area contributed by atoms with Crippen molar-refractivity contribution in [2.45, 2.75) is 31.8 Å². The van der Waals surface area contributed by atoms with Crippen LogP contribution in [-0.2, 0) is 57.2 Å². The second kappa shape index (κ2) is 15.2. The molecule has 8 rings (SSSR count). The fourth-order valence-electron chi connectivity index (χ4n) is 11.4. The van der Waals surface area contributed by atoms with Gasteiger partial charge in [0.25, 0.3) is 0 Å². The maximum atomic E-state index is 13.8. The van der Waals surface area contributed by atoms with Gasteiger partial charge < -0.3 is 44.1 Å². The Hall–Kier alpha value is -4.83. The second-order valence-corrected chi connectivity index (χ2v) is 17.2. The van der Waals surface area contributed by atoms with E-state index in [1.807, 2.05) is 12.2 Å².